The van der Waals surface area contributed by atoms with Crippen LogP contribution in [0.3, 0.4) is 0 Å². The molecule has 1 rings (SSSR count). The third-order valence-corrected chi connectivity index (χ3v) is 1.86. The molecule has 0 saturated heterocycles. The summed E-state index contributed by atoms with van der Waals surface area (Å²) in [6.45, 7) is 2.22. The SMILES string of the molecule is C#CCN(C)C(=O)c1c[nH]cc1C. The number of nitrogens with one attached hydrogen (secondary N) is 1. The lowest BCUT2D eigenvalue weighted by Gasteiger charge is -2.12. The van der Waals surface area contributed by atoms with Gasteiger partial charge in [0.1, 0.15) is 0 Å². The van der Waals surface area contributed by atoms with Crippen molar-refractivity contribution < 1.29 is 4.79 Å². The molecule has 0 aliphatic heterocycles. The lowest BCUT2D eigenvalue weighted by molar-refractivity contribution is 0.0812. The molecule has 0 aliphatic carbocycles. The molecule has 0 aromatic carbocycles. The Balaban J connectivity index is 2.81. The topological polar surface area (TPSA) is 36.1 Å². The van der Waals surface area contributed by atoms with Crippen LogP contribution in [0.5, 0.6) is 0 Å². The second-order valence-corrected chi connectivity index (χ2v) is 2.92. The fourth-order valence-electron chi connectivity index (χ4n) is 1.09. The molecule has 0 unspecified atom stereocenters. The van der Waals surface area contributed by atoms with Crippen LogP contribution in [0.1, 0.15) is 15.9 Å². The standard InChI is InChI=1S/C10H12N2O/c1-4-5-12(3)10(13)9-7-11-6-8(9)2/h1,6-7,11H,5H2,2-3H3. The highest BCUT2D eigenvalue weighted by Gasteiger charge is 2.13. The summed E-state index contributed by atoms with van der Waals surface area (Å²) in [5, 5.41) is 0. The second-order valence-electron chi connectivity index (χ2n) is 2.92. The average molecular weight is 176 g/mol. The first-order valence-corrected chi connectivity index (χ1v) is 3.99. The minimum absolute atomic E-state index is 0.0447. The van der Waals surface area contributed by atoms with Gasteiger partial charge < -0.3 is 9.88 Å². The van der Waals surface area contributed by atoms with Crippen LogP contribution in [0.15, 0.2) is 12.4 Å². The fraction of sp³-hybridized carbons (Fsp3) is 0.300. The molecule has 0 spiro atoms. The zero-order valence-corrected chi connectivity index (χ0v) is 7.79. The fourth-order valence-corrected chi connectivity index (χ4v) is 1.09. The predicted octanol–water partition coefficient (Wildman–Crippen LogP) is 1.03. The Labute approximate surface area is 77.8 Å². The maximum absolute atomic E-state index is 11.6. The van der Waals surface area contributed by atoms with E-state index < -0.39 is 0 Å². The lowest BCUT2D eigenvalue weighted by atomic mass is 10.2. The summed E-state index contributed by atoms with van der Waals surface area (Å²) in [6, 6.07) is 0. The smallest absolute Gasteiger partial charge is 0.256 e. The van der Waals surface area contributed by atoms with Gasteiger partial charge in [-0.25, -0.2) is 0 Å². The monoisotopic (exact) mass is 176 g/mol. The number of carbonyl (C=O) groups is 1. The number of amides is 1. The number of aromatic amines is 1. The van der Waals surface area contributed by atoms with Gasteiger partial charge in [0, 0.05) is 19.4 Å². The summed E-state index contributed by atoms with van der Waals surface area (Å²) in [5.41, 5.74) is 1.62. The third-order valence-electron chi connectivity index (χ3n) is 1.86. The van der Waals surface area contributed by atoms with Crippen molar-refractivity contribution in [3.8, 4) is 12.3 Å². The first-order valence-electron chi connectivity index (χ1n) is 3.99. The van der Waals surface area contributed by atoms with Gasteiger partial charge in [-0.1, -0.05) is 5.92 Å². The molecule has 3 heteroatoms. The molecule has 68 valence electrons. The van der Waals surface area contributed by atoms with Crippen molar-refractivity contribution in [1.29, 1.82) is 0 Å². The van der Waals surface area contributed by atoms with E-state index in [1.807, 2.05) is 6.92 Å². The molecule has 1 aromatic rings. The zero-order chi connectivity index (χ0) is 9.84. The first-order chi connectivity index (χ1) is 6.16. The predicted molar refractivity (Wildman–Crippen MR) is 51.3 cm³/mol. The molecule has 3 nitrogen and oxygen atoms in total. The Morgan fingerprint density at radius 1 is 1.69 bits per heavy atom. The summed E-state index contributed by atoms with van der Waals surface area (Å²) < 4.78 is 0. The van der Waals surface area contributed by atoms with Crippen molar-refractivity contribution >= 4 is 5.91 Å². The van der Waals surface area contributed by atoms with Crippen molar-refractivity contribution in [2.24, 2.45) is 0 Å². The Bertz CT molecular complexity index is 346. The number of aromatic nitrogens is 1. The Morgan fingerprint density at radius 3 is 2.85 bits per heavy atom. The zero-order valence-electron chi connectivity index (χ0n) is 7.79. The molecule has 0 radical (unpaired) electrons. The molecule has 0 bridgehead atoms. The normalized spacial score (nSPS) is 9.31. The minimum Gasteiger partial charge on any atom is -0.367 e. The number of hydrogen-bond acceptors (Lipinski definition) is 1. The van der Waals surface area contributed by atoms with E-state index in [0.717, 1.165) is 5.56 Å². The van der Waals surface area contributed by atoms with Gasteiger partial charge in [0.2, 0.25) is 0 Å². The van der Waals surface area contributed by atoms with E-state index in [4.69, 9.17) is 6.42 Å². The number of carbonyl (C=O) groups excluding carboxylic acids is 1. The molecule has 1 aromatic heterocycles. The Hall–Kier alpha value is -1.69. The summed E-state index contributed by atoms with van der Waals surface area (Å²) in [4.78, 5) is 16.0. The van der Waals surface area contributed by atoms with Crippen LogP contribution < -0.4 is 0 Å². The lowest BCUT2D eigenvalue weighted by Crippen LogP contribution is -2.27. The number of nitrogens with zero attached hydrogens (tertiary/aromatic N) is 1. The third kappa shape index (κ3) is 1.91. The molecule has 0 aliphatic rings. The summed E-state index contributed by atoms with van der Waals surface area (Å²) in [7, 11) is 1.69. The van der Waals surface area contributed by atoms with E-state index in [1.165, 1.54) is 4.90 Å². The number of rotatable bonds is 2. The highest BCUT2D eigenvalue weighted by molar-refractivity contribution is 5.95. The second kappa shape index (κ2) is 3.81. The van der Waals surface area contributed by atoms with Gasteiger partial charge in [0.15, 0.2) is 0 Å². The number of hydrogen-bond donors (Lipinski definition) is 1. The molecular weight excluding hydrogens is 164 g/mol. The van der Waals surface area contributed by atoms with Gasteiger partial charge >= 0.3 is 0 Å². The summed E-state index contributed by atoms with van der Waals surface area (Å²) in [6.07, 6.45) is 8.58. The molecule has 13 heavy (non-hydrogen) atoms. The first kappa shape index (κ1) is 9.40. The molecule has 0 fully saturated rings. The maximum atomic E-state index is 11.6. The molecule has 1 heterocycles. The number of terminal acetylenes is 1. The summed E-state index contributed by atoms with van der Waals surface area (Å²) >= 11 is 0. The minimum atomic E-state index is -0.0447. The van der Waals surface area contributed by atoms with Crippen LogP contribution in [-0.2, 0) is 0 Å². The van der Waals surface area contributed by atoms with Gasteiger partial charge in [-0.3, -0.25) is 4.79 Å². The van der Waals surface area contributed by atoms with E-state index in [-0.39, 0.29) is 5.91 Å². The van der Waals surface area contributed by atoms with E-state index in [1.54, 1.807) is 19.4 Å². The van der Waals surface area contributed by atoms with Crippen molar-refractivity contribution in [2.45, 2.75) is 6.92 Å². The van der Waals surface area contributed by atoms with Crippen molar-refractivity contribution in [1.82, 2.24) is 9.88 Å². The van der Waals surface area contributed by atoms with Crippen LogP contribution in [0, 0.1) is 19.3 Å². The maximum Gasteiger partial charge on any atom is 0.256 e. The van der Waals surface area contributed by atoms with Gasteiger partial charge in [-0.15, -0.1) is 6.42 Å². The van der Waals surface area contributed by atoms with Crippen molar-refractivity contribution in [2.75, 3.05) is 13.6 Å². The van der Waals surface area contributed by atoms with Gasteiger partial charge in [-0.05, 0) is 12.5 Å². The van der Waals surface area contributed by atoms with Crippen LogP contribution in [0.2, 0.25) is 0 Å². The molecule has 0 saturated carbocycles. The van der Waals surface area contributed by atoms with Crippen LogP contribution >= 0.6 is 0 Å². The highest BCUT2D eigenvalue weighted by Crippen LogP contribution is 2.08. The number of aryl methyl sites for hydroxylation is 1. The Kier molecular flexibility index (Phi) is 2.76. The van der Waals surface area contributed by atoms with E-state index in [2.05, 4.69) is 10.9 Å². The largest absolute Gasteiger partial charge is 0.367 e. The van der Waals surface area contributed by atoms with Crippen LogP contribution in [-0.4, -0.2) is 29.4 Å². The van der Waals surface area contributed by atoms with Crippen LogP contribution in [0.4, 0.5) is 0 Å². The van der Waals surface area contributed by atoms with E-state index in [0.29, 0.717) is 12.1 Å². The highest BCUT2D eigenvalue weighted by atomic mass is 16.2. The molecule has 1 N–H and O–H groups in total. The quantitative estimate of drug-likeness (QED) is 0.671. The molecule has 1 amide bonds. The summed E-state index contributed by atoms with van der Waals surface area (Å²) in [5.74, 6) is 2.38. The van der Waals surface area contributed by atoms with Gasteiger partial charge in [0.05, 0.1) is 12.1 Å². The van der Waals surface area contributed by atoms with E-state index >= 15 is 0 Å². The van der Waals surface area contributed by atoms with Crippen molar-refractivity contribution in [3.05, 3.63) is 23.5 Å². The van der Waals surface area contributed by atoms with E-state index in [9.17, 15) is 4.79 Å². The van der Waals surface area contributed by atoms with Gasteiger partial charge in [0.25, 0.3) is 5.91 Å². The average Bonchev–Trinajstić information content (AvgIpc) is 2.50. The Morgan fingerprint density at radius 2 is 2.38 bits per heavy atom. The van der Waals surface area contributed by atoms with Crippen LogP contribution in [0.25, 0.3) is 0 Å². The van der Waals surface area contributed by atoms with Crippen molar-refractivity contribution in [3.63, 3.8) is 0 Å². The van der Waals surface area contributed by atoms with Gasteiger partial charge in [-0.2, -0.15) is 0 Å². The molecule has 0 atom stereocenters. The molecular formula is C10H12N2O. The number of H-pyrrole nitrogens is 1.